The lowest BCUT2D eigenvalue weighted by molar-refractivity contribution is -0.137. The van der Waals surface area contributed by atoms with Gasteiger partial charge in [0.15, 0.2) is 12.3 Å². The van der Waals surface area contributed by atoms with Crippen molar-refractivity contribution in [1.82, 2.24) is 9.80 Å². The molecule has 0 N–H and O–H groups in total. The molecule has 0 aromatic heterocycles. The number of hydrogen-bond acceptors (Lipinski definition) is 5. The van der Waals surface area contributed by atoms with Crippen molar-refractivity contribution in [2.75, 3.05) is 33.4 Å². The Kier molecular flexibility index (Phi) is 7.32. The Hall–Kier alpha value is -1.81. The zero-order chi connectivity index (χ0) is 17.4. The average molecular weight is 337 g/mol. The van der Waals surface area contributed by atoms with Crippen molar-refractivity contribution in [2.24, 2.45) is 5.92 Å². The Labute approximate surface area is 143 Å². The van der Waals surface area contributed by atoms with Crippen LogP contribution in [0.25, 0.3) is 0 Å². The lowest BCUT2D eigenvalue weighted by Crippen LogP contribution is -2.45. The number of carbonyl (C=O) groups is 2. The average Bonchev–Trinajstić information content (AvgIpc) is 2.65. The molecule has 2 aliphatic rings. The largest absolute Gasteiger partial charge is 0.436 e. The fourth-order valence-electron chi connectivity index (χ4n) is 3.30. The van der Waals surface area contributed by atoms with Gasteiger partial charge in [0.25, 0.3) is 5.91 Å². The molecule has 1 aliphatic heterocycles. The normalized spacial score (nSPS) is 20.1. The number of amides is 2. The Balaban J connectivity index is 1.92. The molecule has 0 radical (unpaired) electrons. The van der Waals surface area contributed by atoms with Crippen molar-refractivity contribution in [3.8, 4) is 6.19 Å². The minimum atomic E-state index is -0.882. The van der Waals surface area contributed by atoms with Crippen molar-refractivity contribution in [1.29, 1.82) is 5.26 Å². The summed E-state index contributed by atoms with van der Waals surface area (Å²) in [5.74, 6) is 0.137. The lowest BCUT2D eigenvalue weighted by atomic mass is 9.85. The Morgan fingerprint density at radius 3 is 2.58 bits per heavy atom. The monoisotopic (exact) mass is 337 g/mol. The van der Waals surface area contributed by atoms with Gasteiger partial charge < -0.3 is 14.4 Å². The highest BCUT2D eigenvalue weighted by molar-refractivity contribution is 5.84. The number of nitrogens with zero attached hydrogens (tertiary/aromatic N) is 3. The van der Waals surface area contributed by atoms with Crippen LogP contribution in [-0.2, 0) is 14.3 Å². The molecule has 7 heteroatoms. The third-order valence-corrected chi connectivity index (χ3v) is 4.83. The van der Waals surface area contributed by atoms with Gasteiger partial charge in [0, 0.05) is 20.1 Å². The van der Waals surface area contributed by atoms with Crippen LogP contribution in [0.2, 0.25) is 0 Å². The van der Waals surface area contributed by atoms with Gasteiger partial charge in [-0.05, 0) is 18.8 Å². The van der Waals surface area contributed by atoms with Crippen LogP contribution in [-0.4, -0.2) is 61.3 Å². The number of carbonyl (C=O) groups excluding carboxylic acids is 2. The first-order chi connectivity index (χ1) is 11.6. The van der Waals surface area contributed by atoms with Crippen LogP contribution >= 0.6 is 0 Å². The van der Waals surface area contributed by atoms with Gasteiger partial charge >= 0.3 is 6.09 Å². The Morgan fingerprint density at radius 1 is 1.29 bits per heavy atom. The van der Waals surface area contributed by atoms with Gasteiger partial charge in [-0.15, -0.1) is 0 Å². The highest BCUT2D eigenvalue weighted by Gasteiger charge is 2.30. The molecule has 134 valence electrons. The zero-order valence-electron chi connectivity index (χ0n) is 14.4. The molecule has 2 rings (SSSR count). The van der Waals surface area contributed by atoms with E-state index in [1.807, 2.05) is 0 Å². The summed E-state index contributed by atoms with van der Waals surface area (Å²) >= 11 is 0. The van der Waals surface area contributed by atoms with Crippen molar-refractivity contribution in [2.45, 2.75) is 51.0 Å². The molecule has 0 spiro atoms. The van der Waals surface area contributed by atoms with E-state index in [9.17, 15) is 9.59 Å². The van der Waals surface area contributed by atoms with Crippen molar-refractivity contribution in [3.05, 3.63) is 0 Å². The summed E-state index contributed by atoms with van der Waals surface area (Å²) in [6.45, 7) is 1.90. The second-order valence-corrected chi connectivity index (χ2v) is 6.55. The highest BCUT2D eigenvalue weighted by atomic mass is 16.6. The van der Waals surface area contributed by atoms with E-state index in [1.165, 1.54) is 39.2 Å². The lowest BCUT2D eigenvalue weighted by Gasteiger charge is -2.29. The van der Waals surface area contributed by atoms with Crippen molar-refractivity contribution < 1.29 is 19.1 Å². The summed E-state index contributed by atoms with van der Waals surface area (Å²) in [6, 6.07) is 0. The van der Waals surface area contributed by atoms with E-state index < -0.39 is 18.1 Å². The highest BCUT2D eigenvalue weighted by Crippen LogP contribution is 2.28. The number of nitriles is 1. The second-order valence-electron chi connectivity index (χ2n) is 6.55. The molecule has 0 bridgehead atoms. The molecule has 1 heterocycles. The Bertz CT molecular complexity index is 465. The van der Waals surface area contributed by atoms with E-state index >= 15 is 0 Å². The van der Waals surface area contributed by atoms with E-state index in [-0.39, 0.29) is 0 Å². The van der Waals surface area contributed by atoms with Crippen LogP contribution in [0.4, 0.5) is 4.79 Å². The molecule has 2 amide bonds. The van der Waals surface area contributed by atoms with E-state index in [1.54, 1.807) is 11.1 Å². The molecule has 1 saturated heterocycles. The van der Waals surface area contributed by atoms with Crippen LogP contribution in [0, 0.1) is 17.4 Å². The summed E-state index contributed by atoms with van der Waals surface area (Å²) in [4.78, 5) is 27.1. The molecule has 1 saturated carbocycles. The Morgan fingerprint density at radius 2 is 1.96 bits per heavy atom. The molecule has 0 unspecified atom stereocenters. The molecule has 7 nitrogen and oxygen atoms in total. The zero-order valence-corrected chi connectivity index (χ0v) is 14.4. The maximum Gasteiger partial charge on any atom is 0.410 e. The van der Waals surface area contributed by atoms with Crippen LogP contribution in [0.3, 0.4) is 0 Å². The minimum Gasteiger partial charge on any atom is -0.436 e. The summed E-state index contributed by atoms with van der Waals surface area (Å²) in [6.07, 6.45) is 7.84. The summed E-state index contributed by atoms with van der Waals surface area (Å²) in [5, 5.41) is 8.94. The molecular weight excluding hydrogens is 310 g/mol. The quantitative estimate of drug-likeness (QED) is 0.567. The van der Waals surface area contributed by atoms with Crippen LogP contribution in [0.15, 0.2) is 0 Å². The SMILES string of the molecule is CN(C#N)C(=O)[C@H](CCC1CCCCC1)OC(=O)N1CCOCC1. The van der Waals surface area contributed by atoms with Gasteiger partial charge in [0.2, 0.25) is 0 Å². The van der Waals surface area contributed by atoms with Crippen molar-refractivity contribution >= 4 is 12.0 Å². The van der Waals surface area contributed by atoms with Gasteiger partial charge in [-0.1, -0.05) is 32.1 Å². The third kappa shape index (κ3) is 5.38. The summed E-state index contributed by atoms with van der Waals surface area (Å²) < 4.78 is 10.7. The first kappa shape index (κ1) is 18.5. The maximum atomic E-state index is 12.3. The number of hydrogen-bond donors (Lipinski definition) is 0. The van der Waals surface area contributed by atoms with Crippen molar-refractivity contribution in [3.63, 3.8) is 0 Å². The molecule has 2 fully saturated rings. The van der Waals surface area contributed by atoms with Gasteiger partial charge in [0.05, 0.1) is 13.2 Å². The van der Waals surface area contributed by atoms with Crippen LogP contribution in [0.5, 0.6) is 0 Å². The molecule has 1 aliphatic carbocycles. The number of rotatable bonds is 5. The predicted octanol–water partition coefficient (Wildman–Crippen LogP) is 2.12. The van der Waals surface area contributed by atoms with E-state index in [0.717, 1.165) is 11.3 Å². The predicted molar refractivity (Wildman–Crippen MR) is 86.9 cm³/mol. The van der Waals surface area contributed by atoms with Crippen LogP contribution < -0.4 is 0 Å². The fourth-order valence-corrected chi connectivity index (χ4v) is 3.30. The summed E-state index contributed by atoms with van der Waals surface area (Å²) in [7, 11) is 1.40. The third-order valence-electron chi connectivity index (χ3n) is 4.83. The standard InChI is InChI=1S/C17H27N3O4/c1-19(13-18)16(21)15(8-7-14-5-3-2-4-6-14)24-17(22)20-9-11-23-12-10-20/h14-15H,2-12H2,1H3/t15-/m0/s1. The maximum absolute atomic E-state index is 12.3. The van der Waals surface area contributed by atoms with Gasteiger partial charge in [0.1, 0.15) is 0 Å². The minimum absolute atomic E-state index is 0.449. The molecular formula is C17H27N3O4. The topological polar surface area (TPSA) is 82.9 Å². The molecule has 1 atom stereocenters. The molecule has 0 aromatic rings. The van der Waals surface area contributed by atoms with Crippen LogP contribution in [0.1, 0.15) is 44.9 Å². The fraction of sp³-hybridized carbons (Fsp3) is 0.824. The van der Waals surface area contributed by atoms with E-state index in [2.05, 4.69) is 0 Å². The van der Waals surface area contributed by atoms with Gasteiger partial charge in [-0.2, -0.15) is 5.26 Å². The second kappa shape index (κ2) is 9.48. The van der Waals surface area contributed by atoms with E-state index in [4.69, 9.17) is 14.7 Å². The number of morpholine rings is 1. The van der Waals surface area contributed by atoms with Gasteiger partial charge in [-0.25, -0.2) is 9.69 Å². The number of ether oxygens (including phenoxy) is 2. The van der Waals surface area contributed by atoms with E-state index in [0.29, 0.717) is 38.6 Å². The smallest absolute Gasteiger partial charge is 0.410 e. The first-order valence-electron chi connectivity index (χ1n) is 8.82. The van der Waals surface area contributed by atoms with Gasteiger partial charge in [-0.3, -0.25) is 4.79 Å². The molecule has 0 aromatic carbocycles. The first-order valence-corrected chi connectivity index (χ1v) is 8.82. The molecule has 24 heavy (non-hydrogen) atoms. The summed E-state index contributed by atoms with van der Waals surface area (Å²) in [5.41, 5.74) is 0. The number of likely N-dealkylation sites (N-methyl/N-ethyl adjacent to an activating group) is 1.